The van der Waals surface area contributed by atoms with Crippen LogP contribution in [0.15, 0.2) is 0 Å². The van der Waals surface area contributed by atoms with Gasteiger partial charge in [0.15, 0.2) is 0 Å². The summed E-state index contributed by atoms with van der Waals surface area (Å²) < 4.78 is 5.30. The first-order chi connectivity index (χ1) is 10.6. The Morgan fingerprint density at radius 2 is 1.91 bits per heavy atom. The van der Waals surface area contributed by atoms with Crippen molar-refractivity contribution >= 4 is 12.0 Å². The van der Waals surface area contributed by atoms with Crippen LogP contribution < -0.4 is 5.32 Å². The van der Waals surface area contributed by atoms with E-state index in [-0.39, 0.29) is 17.9 Å². The highest BCUT2D eigenvalue weighted by molar-refractivity contribution is 5.85. The largest absolute Gasteiger partial charge is 0.444 e. The van der Waals surface area contributed by atoms with Crippen LogP contribution in [-0.2, 0) is 9.53 Å². The van der Waals surface area contributed by atoms with Gasteiger partial charge in [0.05, 0.1) is 6.07 Å². The highest BCUT2D eigenvalue weighted by Crippen LogP contribution is 2.37. The quantitative estimate of drug-likeness (QED) is 0.843. The van der Waals surface area contributed by atoms with Crippen molar-refractivity contribution in [1.82, 2.24) is 10.2 Å². The van der Waals surface area contributed by atoms with E-state index in [2.05, 4.69) is 11.4 Å². The Hall–Kier alpha value is -1.77. The van der Waals surface area contributed by atoms with Crippen molar-refractivity contribution in [3.8, 4) is 6.07 Å². The summed E-state index contributed by atoms with van der Waals surface area (Å²) in [7, 11) is 1.68. The van der Waals surface area contributed by atoms with Crippen LogP contribution in [-0.4, -0.2) is 42.6 Å². The van der Waals surface area contributed by atoms with Crippen LogP contribution in [0.3, 0.4) is 0 Å². The van der Waals surface area contributed by atoms with E-state index in [0.717, 1.165) is 12.8 Å². The fourth-order valence-corrected chi connectivity index (χ4v) is 2.75. The van der Waals surface area contributed by atoms with Crippen LogP contribution in [0, 0.1) is 22.7 Å². The molecule has 0 heterocycles. The lowest BCUT2D eigenvalue weighted by atomic mass is 9.87. The van der Waals surface area contributed by atoms with Gasteiger partial charge in [-0.2, -0.15) is 5.26 Å². The second kappa shape index (κ2) is 7.67. The third kappa shape index (κ3) is 5.74. The number of hydrogen-bond acceptors (Lipinski definition) is 4. The standard InChI is InChI=1S/C17H29N3O3/c1-13(11-20(5)15(22)23-16(2,3)4)10-19-14(21)17(12-18)8-6-7-9-17/h13H,6-11H2,1-5H3,(H,19,21). The predicted molar refractivity (Wildman–Crippen MR) is 87.6 cm³/mol. The number of ether oxygens (including phenoxy) is 1. The molecule has 1 unspecified atom stereocenters. The van der Waals surface area contributed by atoms with E-state index in [1.54, 1.807) is 7.05 Å². The molecule has 0 aromatic carbocycles. The zero-order valence-electron chi connectivity index (χ0n) is 14.9. The number of carbonyl (C=O) groups excluding carboxylic acids is 2. The molecule has 1 aliphatic carbocycles. The molecular weight excluding hydrogens is 294 g/mol. The summed E-state index contributed by atoms with van der Waals surface area (Å²) in [6, 6.07) is 2.19. The SMILES string of the molecule is CC(CNC(=O)C1(C#N)CCCC1)CN(C)C(=O)OC(C)(C)C. The molecule has 23 heavy (non-hydrogen) atoms. The van der Waals surface area contributed by atoms with Crippen molar-refractivity contribution in [2.45, 2.75) is 59.0 Å². The Bertz CT molecular complexity index is 470. The van der Waals surface area contributed by atoms with Crippen molar-refractivity contribution in [3.05, 3.63) is 0 Å². The molecule has 6 heteroatoms. The van der Waals surface area contributed by atoms with Crippen LogP contribution in [0.5, 0.6) is 0 Å². The predicted octanol–water partition coefficient (Wildman–Crippen LogP) is 2.69. The summed E-state index contributed by atoms with van der Waals surface area (Å²) in [6.45, 7) is 8.35. The molecule has 0 saturated heterocycles. The number of amides is 2. The second-order valence-electron chi connectivity index (χ2n) is 7.58. The zero-order valence-corrected chi connectivity index (χ0v) is 14.9. The molecule has 0 aromatic rings. The van der Waals surface area contributed by atoms with Gasteiger partial charge in [-0.25, -0.2) is 4.79 Å². The topological polar surface area (TPSA) is 82.4 Å². The molecule has 6 nitrogen and oxygen atoms in total. The molecule has 130 valence electrons. The van der Waals surface area contributed by atoms with Gasteiger partial charge in [0, 0.05) is 20.1 Å². The van der Waals surface area contributed by atoms with Gasteiger partial charge >= 0.3 is 6.09 Å². The third-order valence-electron chi connectivity index (χ3n) is 4.01. The molecule has 0 spiro atoms. The highest BCUT2D eigenvalue weighted by atomic mass is 16.6. The van der Waals surface area contributed by atoms with Crippen LogP contribution in [0.1, 0.15) is 53.4 Å². The number of nitrogens with zero attached hydrogens (tertiary/aromatic N) is 2. The number of nitriles is 1. The summed E-state index contributed by atoms with van der Waals surface area (Å²) in [4.78, 5) is 25.7. The summed E-state index contributed by atoms with van der Waals surface area (Å²) >= 11 is 0. The molecule has 1 saturated carbocycles. The molecule has 1 aliphatic rings. The van der Waals surface area contributed by atoms with Crippen molar-refractivity contribution in [3.63, 3.8) is 0 Å². The summed E-state index contributed by atoms with van der Waals surface area (Å²) in [5.41, 5.74) is -1.37. The first kappa shape index (κ1) is 19.3. The molecule has 1 atom stereocenters. The van der Waals surface area contributed by atoms with Gasteiger partial charge in [-0.15, -0.1) is 0 Å². The van der Waals surface area contributed by atoms with Crippen LogP contribution >= 0.6 is 0 Å². The van der Waals surface area contributed by atoms with Crippen molar-refractivity contribution < 1.29 is 14.3 Å². The lowest BCUT2D eigenvalue weighted by Gasteiger charge is -2.27. The first-order valence-corrected chi connectivity index (χ1v) is 8.23. The molecular formula is C17H29N3O3. The van der Waals surface area contributed by atoms with Gasteiger partial charge in [0.1, 0.15) is 11.0 Å². The Morgan fingerprint density at radius 1 is 1.35 bits per heavy atom. The molecule has 1 rings (SSSR count). The van der Waals surface area contributed by atoms with Crippen LogP contribution in [0.2, 0.25) is 0 Å². The van der Waals surface area contributed by atoms with Gasteiger partial charge < -0.3 is 15.0 Å². The van der Waals surface area contributed by atoms with E-state index in [1.165, 1.54) is 4.90 Å². The Kier molecular flexibility index (Phi) is 6.43. The molecule has 0 radical (unpaired) electrons. The molecule has 0 aromatic heterocycles. The molecule has 0 bridgehead atoms. The number of carbonyl (C=O) groups is 2. The van der Waals surface area contributed by atoms with E-state index in [1.807, 2.05) is 27.7 Å². The molecule has 2 amide bonds. The Morgan fingerprint density at radius 3 is 2.39 bits per heavy atom. The van der Waals surface area contributed by atoms with Crippen molar-refractivity contribution in [2.24, 2.45) is 11.3 Å². The van der Waals surface area contributed by atoms with E-state index in [9.17, 15) is 14.9 Å². The fourth-order valence-electron chi connectivity index (χ4n) is 2.75. The van der Waals surface area contributed by atoms with E-state index in [0.29, 0.717) is 25.9 Å². The highest BCUT2D eigenvalue weighted by Gasteiger charge is 2.41. The smallest absolute Gasteiger partial charge is 0.410 e. The Labute approximate surface area is 139 Å². The minimum atomic E-state index is -0.850. The molecule has 1 fully saturated rings. The number of nitrogens with one attached hydrogen (secondary N) is 1. The zero-order chi connectivity index (χ0) is 17.7. The van der Waals surface area contributed by atoms with Crippen LogP contribution in [0.4, 0.5) is 4.79 Å². The van der Waals surface area contributed by atoms with E-state index < -0.39 is 11.0 Å². The van der Waals surface area contributed by atoms with Gasteiger partial charge in [0.2, 0.25) is 5.91 Å². The molecule has 1 N–H and O–H groups in total. The fraction of sp³-hybridized carbons (Fsp3) is 0.824. The maximum absolute atomic E-state index is 12.3. The van der Waals surface area contributed by atoms with Gasteiger partial charge in [-0.1, -0.05) is 19.8 Å². The lowest BCUT2D eigenvalue weighted by Crippen LogP contribution is -2.43. The summed E-state index contributed by atoms with van der Waals surface area (Å²) in [5, 5.41) is 12.2. The Balaban J connectivity index is 2.42. The minimum Gasteiger partial charge on any atom is -0.444 e. The van der Waals surface area contributed by atoms with Crippen molar-refractivity contribution in [2.75, 3.05) is 20.1 Å². The second-order valence-corrected chi connectivity index (χ2v) is 7.58. The number of rotatable bonds is 5. The lowest BCUT2D eigenvalue weighted by molar-refractivity contribution is -0.128. The number of hydrogen-bond donors (Lipinski definition) is 1. The minimum absolute atomic E-state index is 0.0774. The average Bonchev–Trinajstić information content (AvgIpc) is 2.93. The van der Waals surface area contributed by atoms with E-state index in [4.69, 9.17) is 4.74 Å². The van der Waals surface area contributed by atoms with Gasteiger partial charge in [-0.05, 0) is 39.5 Å². The van der Waals surface area contributed by atoms with Gasteiger partial charge in [-0.3, -0.25) is 4.79 Å². The van der Waals surface area contributed by atoms with Crippen molar-refractivity contribution in [1.29, 1.82) is 5.26 Å². The maximum atomic E-state index is 12.3. The summed E-state index contributed by atoms with van der Waals surface area (Å²) in [6.07, 6.45) is 2.76. The monoisotopic (exact) mass is 323 g/mol. The third-order valence-corrected chi connectivity index (χ3v) is 4.01. The van der Waals surface area contributed by atoms with E-state index >= 15 is 0 Å². The van der Waals surface area contributed by atoms with Gasteiger partial charge in [0.25, 0.3) is 0 Å². The maximum Gasteiger partial charge on any atom is 0.410 e. The average molecular weight is 323 g/mol. The summed E-state index contributed by atoms with van der Waals surface area (Å²) in [5.74, 6) is -0.0992. The first-order valence-electron chi connectivity index (χ1n) is 8.23. The normalized spacial score (nSPS) is 17.9. The molecule has 0 aliphatic heterocycles. The van der Waals surface area contributed by atoms with Crippen LogP contribution in [0.25, 0.3) is 0 Å².